The van der Waals surface area contributed by atoms with Gasteiger partial charge in [-0.05, 0) is 48.5 Å². The molecule has 5 nitrogen and oxygen atoms in total. The Balaban J connectivity index is 1.18. The number of hydrogen-bond acceptors (Lipinski definition) is 8. The monoisotopic (exact) mass is 448 g/mol. The Bertz CT molecular complexity index is 1220. The predicted molar refractivity (Wildman–Crippen MR) is 125 cm³/mol. The average Bonchev–Trinajstić information content (AvgIpc) is 3.40. The van der Waals surface area contributed by atoms with Gasteiger partial charge in [-0.25, -0.2) is 4.98 Å². The van der Waals surface area contributed by atoms with E-state index in [0.717, 1.165) is 42.9 Å². The molecule has 0 saturated heterocycles. The molecule has 0 saturated carbocycles. The van der Waals surface area contributed by atoms with Crippen molar-refractivity contribution in [3.05, 3.63) is 83.9 Å². The maximum absolute atomic E-state index is 5.82. The predicted octanol–water partition coefficient (Wildman–Crippen LogP) is 6.98. The number of anilines is 2. The number of thiazole rings is 1. The third-order valence-corrected chi connectivity index (χ3v) is 7.35. The van der Waals surface area contributed by atoms with E-state index >= 15 is 0 Å². The lowest BCUT2D eigenvalue weighted by atomic mass is 10.3. The first-order valence-electron chi connectivity index (χ1n) is 9.22. The quantitative estimate of drug-likeness (QED) is 0.271. The molecule has 0 aliphatic carbocycles. The lowest BCUT2D eigenvalue weighted by Crippen LogP contribution is -1.90. The molecule has 0 spiro atoms. The Kier molecular flexibility index (Phi) is 5.60. The van der Waals surface area contributed by atoms with Gasteiger partial charge in [-0.15, -0.1) is 21.5 Å². The van der Waals surface area contributed by atoms with Gasteiger partial charge in [0.05, 0.1) is 16.0 Å². The van der Waals surface area contributed by atoms with Gasteiger partial charge in [0.1, 0.15) is 16.5 Å². The summed E-state index contributed by atoms with van der Waals surface area (Å²) in [7, 11) is 0. The van der Waals surface area contributed by atoms with E-state index in [1.807, 2.05) is 72.8 Å². The number of aromatic nitrogens is 3. The molecule has 2 aromatic heterocycles. The summed E-state index contributed by atoms with van der Waals surface area (Å²) in [5.74, 6) is 2.40. The minimum Gasteiger partial charge on any atom is -0.457 e. The van der Waals surface area contributed by atoms with Gasteiger partial charge >= 0.3 is 0 Å². The molecule has 2 heterocycles. The van der Waals surface area contributed by atoms with Gasteiger partial charge < -0.3 is 10.1 Å². The van der Waals surface area contributed by atoms with Crippen LogP contribution in [0.4, 0.5) is 10.8 Å². The van der Waals surface area contributed by atoms with Gasteiger partial charge in [-0.3, -0.25) is 0 Å². The zero-order valence-electron chi connectivity index (χ0n) is 15.7. The molecular weight excluding hydrogens is 432 g/mol. The highest BCUT2D eigenvalue weighted by Gasteiger charge is 2.09. The normalized spacial score (nSPS) is 10.9. The average molecular weight is 449 g/mol. The van der Waals surface area contributed by atoms with E-state index in [1.54, 1.807) is 23.1 Å². The van der Waals surface area contributed by atoms with Crippen molar-refractivity contribution in [3.63, 3.8) is 0 Å². The summed E-state index contributed by atoms with van der Waals surface area (Å²) in [6, 6.07) is 25.7. The van der Waals surface area contributed by atoms with Gasteiger partial charge in [0.15, 0.2) is 4.34 Å². The van der Waals surface area contributed by atoms with Crippen molar-refractivity contribution >= 4 is 55.5 Å². The fourth-order valence-corrected chi connectivity index (χ4v) is 5.51. The van der Waals surface area contributed by atoms with Gasteiger partial charge in [-0.1, -0.05) is 53.4 Å². The Hall–Kier alpha value is -2.94. The van der Waals surface area contributed by atoms with E-state index in [2.05, 4.69) is 26.6 Å². The van der Waals surface area contributed by atoms with Gasteiger partial charge in [-0.2, -0.15) is 0 Å². The lowest BCUT2D eigenvalue weighted by molar-refractivity contribution is 0.483. The van der Waals surface area contributed by atoms with Gasteiger partial charge in [0.2, 0.25) is 5.13 Å². The molecule has 5 rings (SSSR count). The molecule has 0 fully saturated rings. The maximum atomic E-state index is 5.82. The largest absolute Gasteiger partial charge is 0.457 e. The SMILES string of the molecule is c1ccc(Oc2ccc(Nc3nnc(SCc4nc5ccccc5s4)s3)cc2)cc1. The molecule has 1 N–H and O–H groups in total. The zero-order valence-corrected chi connectivity index (χ0v) is 18.1. The van der Waals surface area contributed by atoms with Crippen LogP contribution in [-0.4, -0.2) is 15.2 Å². The second-order valence-electron chi connectivity index (χ2n) is 6.30. The fraction of sp³-hybridized carbons (Fsp3) is 0.0455. The number of para-hydroxylation sites is 2. The highest BCUT2D eigenvalue weighted by molar-refractivity contribution is 8.00. The van der Waals surface area contributed by atoms with E-state index in [1.165, 1.54) is 16.0 Å². The minimum absolute atomic E-state index is 0.763. The molecule has 0 aliphatic heterocycles. The maximum Gasteiger partial charge on any atom is 0.210 e. The van der Waals surface area contributed by atoms with E-state index in [4.69, 9.17) is 4.74 Å². The highest BCUT2D eigenvalue weighted by atomic mass is 32.2. The molecule has 0 atom stereocenters. The molecule has 3 aromatic carbocycles. The molecule has 30 heavy (non-hydrogen) atoms. The summed E-state index contributed by atoms with van der Waals surface area (Å²) in [5.41, 5.74) is 1.99. The standard InChI is InChI=1S/C22H16N4OS3/c1-2-6-16(7-3-1)27-17-12-10-15(11-13-17)23-21-25-26-22(30-21)28-14-20-24-18-8-4-5-9-19(18)29-20/h1-13H,14H2,(H,23,25). The van der Waals surface area contributed by atoms with Gasteiger partial charge in [0.25, 0.3) is 0 Å². The highest BCUT2D eigenvalue weighted by Crippen LogP contribution is 2.32. The van der Waals surface area contributed by atoms with E-state index in [-0.39, 0.29) is 0 Å². The summed E-state index contributed by atoms with van der Waals surface area (Å²) in [4.78, 5) is 4.67. The van der Waals surface area contributed by atoms with Crippen LogP contribution in [0.15, 0.2) is 83.2 Å². The van der Waals surface area contributed by atoms with Crippen LogP contribution in [0.5, 0.6) is 11.5 Å². The van der Waals surface area contributed by atoms with Crippen LogP contribution in [0, 0.1) is 0 Å². The van der Waals surface area contributed by atoms with E-state index in [9.17, 15) is 0 Å². The smallest absolute Gasteiger partial charge is 0.210 e. The molecule has 8 heteroatoms. The second kappa shape index (κ2) is 8.83. The number of nitrogens with one attached hydrogen (secondary N) is 1. The Morgan fingerprint density at radius 3 is 2.40 bits per heavy atom. The van der Waals surface area contributed by atoms with Crippen LogP contribution >= 0.6 is 34.4 Å². The third-order valence-electron chi connectivity index (χ3n) is 4.15. The van der Waals surface area contributed by atoms with Crippen molar-refractivity contribution in [2.45, 2.75) is 10.1 Å². The summed E-state index contributed by atoms with van der Waals surface area (Å²) < 4.78 is 7.95. The minimum atomic E-state index is 0.763. The summed E-state index contributed by atoms with van der Waals surface area (Å²) in [6.45, 7) is 0. The molecule has 0 amide bonds. The summed E-state index contributed by atoms with van der Waals surface area (Å²) in [6.07, 6.45) is 0. The number of rotatable bonds is 7. The first-order chi connectivity index (χ1) is 14.8. The van der Waals surface area contributed by atoms with Crippen molar-refractivity contribution in [1.29, 1.82) is 0 Å². The Morgan fingerprint density at radius 1 is 0.800 bits per heavy atom. The topological polar surface area (TPSA) is 59.9 Å². The number of thioether (sulfide) groups is 1. The molecular formula is C22H16N4OS3. The molecule has 0 bridgehead atoms. The number of nitrogens with zero attached hydrogens (tertiary/aromatic N) is 3. The number of fused-ring (bicyclic) bond motifs is 1. The first kappa shape index (κ1) is 19.0. The van der Waals surface area contributed by atoms with Crippen molar-refractivity contribution in [1.82, 2.24) is 15.2 Å². The molecule has 5 aromatic rings. The number of ether oxygens (including phenoxy) is 1. The molecule has 0 unspecified atom stereocenters. The van der Waals surface area contributed by atoms with Crippen molar-refractivity contribution in [3.8, 4) is 11.5 Å². The number of benzene rings is 3. The van der Waals surface area contributed by atoms with Crippen LogP contribution in [0.1, 0.15) is 5.01 Å². The molecule has 0 aliphatic rings. The van der Waals surface area contributed by atoms with Crippen LogP contribution < -0.4 is 10.1 Å². The van der Waals surface area contributed by atoms with Crippen LogP contribution in [-0.2, 0) is 5.75 Å². The third kappa shape index (κ3) is 4.62. The van der Waals surface area contributed by atoms with Crippen molar-refractivity contribution < 1.29 is 4.74 Å². The molecule has 148 valence electrons. The number of hydrogen-bond donors (Lipinski definition) is 1. The van der Waals surface area contributed by atoms with Gasteiger partial charge in [0, 0.05) is 5.69 Å². The fourth-order valence-electron chi connectivity index (χ4n) is 2.78. The Labute approximate surface area is 185 Å². The second-order valence-corrected chi connectivity index (χ2v) is 9.62. The van der Waals surface area contributed by atoms with Crippen LogP contribution in [0.25, 0.3) is 10.2 Å². The Morgan fingerprint density at radius 2 is 1.57 bits per heavy atom. The summed E-state index contributed by atoms with van der Waals surface area (Å²) in [5, 5.41) is 13.7. The zero-order chi connectivity index (χ0) is 20.2. The molecule has 0 radical (unpaired) electrons. The van der Waals surface area contributed by atoms with Crippen LogP contribution in [0.3, 0.4) is 0 Å². The van der Waals surface area contributed by atoms with Crippen molar-refractivity contribution in [2.24, 2.45) is 0 Å². The summed E-state index contributed by atoms with van der Waals surface area (Å²) >= 11 is 4.92. The lowest BCUT2D eigenvalue weighted by Gasteiger charge is -2.06. The van der Waals surface area contributed by atoms with Crippen LogP contribution in [0.2, 0.25) is 0 Å². The van der Waals surface area contributed by atoms with E-state index in [0.29, 0.717) is 0 Å². The van der Waals surface area contributed by atoms with Crippen molar-refractivity contribution in [2.75, 3.05) is 5.32 Å². The first-order valence-corrected chi connectivity index (χ1v) is 11.8. The van der Waals surface area contributed by atoms with E-state index < -0.39 is 0 Å².